The van der Waals surface area contributed by atoms with Crippen LogP contribution < -0.4 is 5.32 Å². The van der Waals surface area contributed by atoms with Crippen LogP contribution in [0.5, 0.6) is 0 Å². The van der Waals surface area contributed by atoms with Crippen molar-refractivity contribution in [2.24, 2.45) is 0 Å². The topological polar surface area (TPSA) is 99.8 Å². The third-order valence-electron chi connectivity index (χ3n) is 2.75. The monoisotopic (exact) mass is 263 g/mol. The number of carbonyl (C=O) groups is 2. The van der Waals surface area contributed by atoms with Gasteiger partial charge < -0.3 is 19.9 Å². The zero-order valence-electron chi connectivity index (χ0n) is 10.00. The number of amides is 1. The second kappa shape index (κ2) is 5.53. The van der Waals surface area contributed by atoms with Gasteiger partial charge in [-0.2, -0.15) is 0 Å². The molecule has 1 aromatic heterocycles. The van der Waals surface area contributed by atoms with Crippen LogP contribution >= 0.6 is 0 Å². The van der Waals surface area contributed by atoms with E-state index in [-0.39, 0.29) is 18.6 Å². The lowest BCUT2D eigenvalue weighted by molar-refractivity contribution is -0.139. The van der Waals surface area contributed by atoms with E-state index in [2.05, 4.69) is 5.32 Å². The number of hydrogen-bond donors (Lipinski definition) is 3. The number of carboxylic acids is 1. The van der Waals surface area contributed by atoms with Crippen molar-refractivity contribution in [1.82, 2.24) is 5.32 Å². The molecule has 1 unspecified atom stereocenters. The number of para-hydroxylation sites is 1. The summed E-state index contributed by atoms with van der Waals surface area (Å²) in [7, 11) is 0. The Labute approximate surface area is 108 Å². The number of fused-ring (bicyclic) bond motifs is 1. The van der Waals surface area contributed by atoms with Crippen molar-refractivity contribution in [2.45, 2.75) is 12.5 Å². The molecule has 19 heavy (non-hydrogen) atoms. The van der Waals surface area contributed by atoms with Crippen LogP contribution in [0.3, 0.4) is 0 Å². The van der Waals surface area contributed by atoms with Gasteiger partial charge in [-0.1, -0.05) is 18.2 Å². The predicted octanol–water partition coefficient (Wildman–Crippen LogP) is 0.998. The van der Waals surface area contributed by atoms with Crippen LogP contribution in [-0.4, -0.2) is 34.7 Å². The van der Waals surface area contributed by atoms with E-state index >= 15 is 0 Å². The zero-order valence-corrected chi connectivity index (χ0v) is 10.00. The number of aliphatic hydroxyl groups excluding tert-OH is 1. The lowest BCUT2D eigenvalue weighted by Crippen LogP contribution is -2.41. The van der Waals surface area contributed by atoms with Crippen LogP contribution in [0.1, 0.15) is 16.8 Å². The second-order valence-corrected chi connectivity index (χ2v) is 4.02. The molecule has 0 spiro atoms. The molecule has 2 aromatic rings. The van der Waals surface area contributed by atoms with Crippen LogP contribution in [0, 0.1) is 0 Å². The predicted molar refractivity (Wildman–Crippen MR) is 66.8 cm³/mol. The molecule has 1 heterocycles. The average molecular weight is 263 g/mol. The molecule has 0 aliphatic heterocycles. The van der Waals surface area contributed by atoms with E-state index in [1.165, 1.54) is 6.26 Å². The molecular weight excluding hydrogens is 250 g/mol. The Morgan fingerprint density at radius 1 is 1.32 bits per heavy atom. The zero-order chi connectivity index (χ0) is 13.8. The SMILES string of the molecule is O=C(NC(CCO)C(=O)O)c1coc2ccccc12. The Kier molecular flexibility index (Phi) is 3.82. The van der Waals surface area contributed by atoms with Gasteiger partial charge in [0.05, 0.1) is 5.56 Å². The quantitative estimate of drug-likeness (QED) is 0.747. The molecule has 0 saturated heterocycles. The lowest BCUT2D eigenvalue weighted by Gasteiger charge is -2.12. The Balaban J connectivity index is 2.22. The van der Waals surface area contributed by atoms with E-state index in [1.807, 2.05) is 0 Å². The van der Waals surface area contributed by atoms with Crippen LogP contribution in [0.15, 0.2) is 34.9 Å². The molecule has 1 amide bonds. The largest absolute Gasteiger partial charge is 0.480 e. The van der Waals surface area contributed by atoms with Crippen LogP contribution in [0.4, 0.5) is 0 Å². The Bertz CT molecular complexity index is 604. The molecule has 1 atom stereocenters. The first kappa shape index (κ1) is 13.1. The highest BCUT2D eigenvalue weighted by molar-refractivity contribution is 6.06. The van der Waals surface area contributed by atoms with E-state index in [0.717, 1.165) is 0 Å². The van der Waals surface area contributed by atoms with Crippen molar-refractivity contribution in [3.05, 3.63) is 36.1 Å². The minimum Gasteiger partial charge on any atom is -0.480 e. The number of benzene rings is 1. The Morgan fingerprint density at radius 2 is 2.05 bits per heavy atom. The summed E-state index contributed by atoms with van der Waals surface area (Å²) < 4.78 is 5.21. The van der Waals surface area contributed by atoms with Crippen molar-refractivity contribution >= 4 is 22.8 Å². The normalized spacial score (nSPS) is 12.3. The van der Waals surface area contributed by atoms with E-state index < -0.39 is 17.9 Å². The Morgan fingerprint density at radius 3 is 2.74 bits per heavy atom. The number of carboxylic acid groups (broad SMARTS) is 1. The molecule has 0 radical (unpaired) electrons. The first-order valence-electron chi connectivity index (χ1n) is 5.74. The highest BCUT2D eigenvalue weighted by atomic mass is 16.4. The van der Waals surface area contributed by atoms with Crippen LogP contribution in [-0.2, 0) is 4.79 Å². The molecule has 0 bridgehead atoms. The second-order valence-electron chi connectivity index (χ2n) is 4.02. The molecule has 3 N–H and O–H groups in total. The number of carbonyl (C=O) groups excluding carboxylic acids is 1. The molecular formula is C13H13NO5. The van der Waals surface area contributed by atoms with E-state index in [1.54, 1.807) is 24.3 Å². The molecule has 6 heteroatoms. The molecule has 0 saturated carbocycles. The standard InChI is InChI=1S/C13H13NO5/c15-6-5-10(13(17)18)14-12(16)9-7-19-11-4-2-1-3-8(9)11/h1-4,7,10,15H,5-6H2,(H,14,16)(H,17,18). The summed E-state index contributed by atoms with van der Waals surface area (Å²) in [5.41, 5.74) is 0.835. The van der Waals surface area contributed by atoms with Crippen molar-refractivity contribution in [3.8, 4) is 0 Å². The van der Waals surface area contributed by atoms with Gasteiger partial charge in [0.2, 0.25) is 0 Å². The number of hydrogen-bond acceptors (Lipinski definition) is 4. The van der Waals surface area contributed by atoms with Gasteiger partial charge >= 0.3 is 5.97 Å². The van der Waals surface area contributed by atoms with Gasteiger partial charge in [0, 0.05) is 18.4 Å². The maximum absolute atomic E-state index is 12.0. The minimum atomic E-state index is -1.18. The maximum atomic E-state index is 12.0. The fourth-order valence-corrected chi connectivity index (χ4v) is 1.78. The smallest absolute Gasteiger partial charge is 0.326 e. The third-order valence-corrected chi connectivity index (χ3v) is 2.75. The number of nitrogens with one attached hydrogen (secondary N) is 1. The number of furan rings is 1. The molecule has 2 rings (SSSR count). The fraction of sp³-hybridized carbons (Fsp3) is 0.231. The van der Waals surface area contributed by atoms with E-state index in [9.17, 15) is 9.59 Å². The van der Waals surface area contributed by atoms with Crippen molar-refractivity contribution in [2.75, 3.05) is 6.61 Å². The molecule has 100 valence electrons. The van der Waals surface area contributed by atoms with Gasteiger partial charge in [-0.3, -0.25) is 4.79 Å². The summed E-state index contributed by atoms with van der Waals surface area (Å²) in [5, 5.41) is 20.7. The van der Waals surface area contributed by atoms with Gasteiger partial charge in [0.25, 0.3) is 5.91 Å². The average Bonchev–Trinajstić information content (AvgIpc) is 2.81. The maximum Gasteiger partial charge on any atom is 0.326 e. The van der Waals surface area contributed by atoms with Gasteiger partial charge in [-0.05, 0) is 6.07 Å². The summed E-state index contributed by atoms with van der Waals surface area (Å²) in [6, 6.07) is 5.85. The third kappa shape index (κ3) is 2.74. The number of aliphatic hydroxyl groups is 1. The fourth-order valence-electron chi connectivity index (χ4n) is 1.78. The van der Waals surface area contributed by atoms with Gasteiger partial charge in [0.15, 0.2) is 0 Å². The lowest BCUT2D eigenvalue weighted by atomic mass is 10.1. The summed E-state index contributed by atoms with van der Waals surface area (Å²) >= 11 is 0. The molecule has 1 aromatic carbocycles. The van der Waals surface area contributed by atoms with E-state index in [0.29, 0.717) is 11.0 Å². The minimum absolute atomic E-state index is 0.0448. The first-order chi connectivity index (χ1) is 9.13. The van der Waals surface area contributed by atoms with E-state index in [4.69, 9.17) is 14.6 Å². The molecule has 0 aliphatic carbocycles. The first-order valence-corrected chi connectivity index (χ1v) is 5.74. The van der Waals surface area contributed by atoms with Crippen molar-refractivity contribution in [1.29, 1.82) is 0 Å². The number of aliphatic carboxylic acids is 1. The highest BCUT2D eigenvalue weighted by Crippen LogP contribution is 2.20. The summed E-state index contributed by atoms with van der Waals surface area (Å²) in [4.78, 5) is 22.9. The molecule has 6 nitrogen and oxygen atoms in total. The molecule has 0 aliphatic rings. The Hall–Kier alpha value is -2.34. The number of rotatable bonds is 5. The van der Waals surface area contributed by atoms with Crippen molar-refractivity contribution < 1.29 is 24.2 Å². The summed E-state index contributed by atoms with van der Waals surface area (Å²) in [5.74, 6) is -1.72. The highest BCUT2D eigenvalue weighted by Gasteiger charge is 2.22. The van der Waals surface area contributed by atoms with Gasteiger partial charge in [0.1, 0.15) is 17.9 Å². The molecule has 0 fully saturated rings. The van der Waals surface area contributed by atoms with Crippen LogP contribution in [0.25, 0.3) is 11.0 Å². The van der Waals surface area contributed by atoms with Gasteiger partial charge in [-0.25, -0.2) is 4.79 Å². The van der Waals surface area contributed by atoms with Crippen molar-refractivity contribution in [3.63, 3.8) is 0 Å². The summed E-state index contributed by atoms with van der Waals surface area (Å²) in [6.07, 6.45) is 1.24. The summed E-state index contributed by atoms with van der Waals surface area (Å²) in [6.45, 7) is -0.316. The van der Waals surface area contributed by atoms with Gasteiger partial charge in [-0.15, -0.1) is 0 Å². The van der Waals surface area contributed by atoms with Crippen LogP contribution in [0.2, 0.25) is 0 Å².